The van der Waals surface area contributed by atoms with Crippen LogP contribution in [0.15, 0.2) is 41.6 Å². The summed E-state index contributed by atoms with van der Waals surface area (Å²) >= 11 is 0. The van der Waals surface area contributed by atoms with Gasteiger partial charge in [-0.25, -0.2) is 18.4 Å². The molecule has 0 atom stereocenters. The Hall–Kier alpha value is -2.66. The zero-order chi connectivity index (χ0) is 14.8. The SMILES string of the molecule is CN(c1ccccc1C#N)S(=O)(=O)c1cnc(N)nc1. The quantitative estimate of drug-likeness (QED) is 0.892. The van der Waals surface area contributed by atoms with Crippen molar-refractivity contribution in [3.05, 3.63) is 42.2 Å². The van der Waals surface area contributed by atoms with Gasteiger partial charge >= 0.3 is 0 Å². The molecule has 0 aliphatic rings. The predicted molar refractivity (Wildman–Crippen MR) is 73.2 cm³/mol. The number of hydrogen-bond acceptors (Lipinski definition) is 6. The molecule has 102 valence electrons. The van der Waals surface area contributed by atoms with Crippen molar-refractivity contribution in [1.29, 1.82) is 5.26 Å². The van der Waals surface area contributed by atoms with Crippen molar-refractivity contribution in [2.45, 2.75) is 4.90 Å². The summed E-state index contributed by atoms with van der Waals surface area (Å²) in [7, 11) is -2.48. The molecular weight excluding hydrogens is 278 g/mol. The Balaban J connectivity index is 2.49. The Labute approximate surface area is 116 Å². The van der Waals surface area contributed by atoms with Gasteiger partial charge in [0.25, 0.3) is 10.0 Å². The van der Waals surface area contributed by atoms with Gasteiger partial charge in [0.05, 0.1) is 23.6 Å². The topological polar surface area (TPSA) is 113 Å². The Bertz CT molecular complexity index is 765. The van der Waals surface area contributed by atoms with Gasteiger partial charge in [0.15, 0.2) is 0 Å². The molecular formula is C12H11N5O2S. The van der Waals surface area contributed by atoms with Gasteiger partial charge in [-0.05, 0) is 12.1 Å². The highest BCUT2D eigenvalue weighted by Gasteiger charge is 2.23. The summed E-state index contributed by atoms with van der Waals surface area (Å²) in [5.41, 5.74) is 5.87. The van der Waals surface area contributed by atoms with Crippen molar-refractivity contribution in [2.75, 3.05) is 17.1 Å². The number of nitrogens with two attached hydrogens (primary N) is 1. The summed E-state index contributed by atoms with van der Waals surface area (Å²) in [5.74, 6) is -0.0102. The molecule has 0 amide bonds. The van der Waals surface area contributed by atoms with Crippen molar-refractivity contribution in [3.63, 3.8) is 0 Å². The van der Waals surface area contributed by atoms with E-state index in [1.54, 1.807) is 24.3 Å². The van der Waals surface area contributed by atoms with Crippen molar-refractivity contribution in [1.82, 2.24) is 9.97 Å². The molecule has 0 spiro atoms. The molecule has 0 radical (unpaired) electrons. The first-order chi connectivity index (χ1) is 9.46. The lowest BCUT2D eigenvalue weighted by Gasteiger charge is -2.20. The number of para-hydroxylation sites is 1. The third kappa shape index (κ3) is 2.39. The zero-order valence-electron chi connectivity index (χ0n) is 10.6. The Morgan fingerprint density at radius 2 is 1.85 bits per heavy atom. The minimum Gasteiger partial charge on any atom is -0.368 e. The second-order valence-corrected chi connectivity index (χ2v) is 5.85. The van der Waals surface area contributed by atoms with E-state index in [0.29, 0.717) is 0 Å². The highest BCUT2D eigenvalue weighted by molar-refractivity contribution is 7.92. The van der Waals surface area contributed by atoms with Crippen LogP contribution < -0.4 is 10.0 Å². The van der Waals surface area contributed by atoms with Crippen LogP contribution in [0.3, 0.4) is 0 Å². The molecule has 0 saturated carbocycles. The first-order valence-corrected chi connectivity index (χ1v) is 6.96. The van der Waals surface area contributed by atoms with Crippen LogP contribution in [0.1, 0.15) is 5.56 Å². The highest BCUT2D eigenvalue weighted by atomic mass is 32.2. The fraction of sp³-hybridized carbons (Fsp3) is 0.0833. The fourth-order valence-electron chi connectivity index (χ4n) is 1.59. The maximum Gasteiger partial charge on any atom is 0.267 e. The molecule has 7 nitrogen and oxygen atoms in total. The van der Waals surface area contributed by atoms with Gasteiger partial charge in [-0.1, -0.05) is 12.1 Å². The largest absolute Gasteiger partial charge is 0.368 e. The average Bonchev–Trinajstić information content (AvgIpc) is 2.46. The molecule has 2 rings (SSSR count). The minimum absolute atomic E-state index is 0.0102. The van der Waals surface area contributed by atoms with E-state index in [0.717, 1.165) is 16.7 Å². The van der Waals surface area contributed by atoms with Gasteiger partial charge in [-0.3, -0.25) is 4.31 Å². The number of rotatable bonds is 3. The third-order valence-electron chi connectivity index (χ3n) is 2.67. The van der Waals surface area contributed by atoms with Crippen LogP contribution >= 0.6 is 0 Å². The summed E-state index contributed by atoms with van der Waals surface area (Å²) in [4.78, 5) is 7.22. The molecule has 1 aromatic heterocycles. The molecule has 2 aromatic rings. The summed E-state index contributed by atoms with van der Waals surface area (Å²) in [5, 5.41) is 9.03. The summed E-state index contributed by atoms with van der Waals surface area (Å²) in [6, 6.07) is 8.36. The van der Waals surface area contributed by atoms with Gasteiger partial charge in [-0.15, -0.1) is 0 Å². The molecule has 0 aliphatic heterocycles. The van der Waals surface area contributed by atoms with Crippen molar-refractivity contribution >= 4 is 21.7 Å². The number of sulfonamides is 1. The number of anilines is 2. The molecule has 0 aliphatic carbocycles. The van der Waals surface area contributed by atoms with Gasteiger partial charge in [0.1, 0.15) is 11.0 Å². The average molecular weight is 289 g/mol. The van der Waals surface area contributed by atoms with E-state index in [2.05, 4.69) is 9.97 Å². The summed E-state index contributed by atoms with van der Waals surface area (Å²) in [6.07, 6.45) is 2.26. The van der Waals surface area contributed by atoms with E-state index in [4.69, 9.17) is 11.0 Å². The van der Waals surface area contributed by atoms with Gasteiger partial charge in [-0.2, -0.15) is 5.26 Å². The van der Waals surface area contributed by atoms with E-state index in [-0.39, 0.29) is 22.1 Å². The molecule has 2 N–H and O–H groups in total. The first kappa shape index (κ1) is 13.8. The van der Waals surface area contributed by atoms with E-state index in [9.17, 15) is 8.42 Å². The number of benzene rings is 1. The molecule has 1 heterocycles. The number of hydrogen-bond donors (Lipinski definition) is 1. The molecule has 20 heavy (non-hydrogen) atoms. The third-order valence-corrected chi connectivity index (χ3v) is 4.39. The van der Waals surface area contributed by atoms with Gasteiger partial charge < -0.3 is 5.73 Å². The molecule has 0 saturated heterocycles. The van der Waals surface area contributed by atoms with Crippen LogP contribution in [-0.4, -0.2) is 25.4 Å². The first-order valence-electron chi connectivity index (χ1n) is 5.52. The Morgan fingerprint density at radius 1 is 1.25 bits per heavy atom. The smallest absolute Gasteiger partial charge is 0.267 e. The van der Waals surface area contributed by atoms with Crippen LogP contribution in [0.25, 0.3) is 0 Å². The van der Waals surface area contributed by atoms with Crippen LogP contribution in [0, 0.1) is 11.3 Å². The number of nitrogen functional groups attached to an aromatic ring is 1. The lowest BCUT2D eigenvalue weighted by atomic mass is 10.2. The molecule has 0 fully saturated rings. The predicted octanol–water partition coefficient (Wildman–Crippen LogP) is 0.756. The van der Waals surface area contributed by atoms with E-state index in [1.165, 1.54) is 7.05 Å². The van der Waals surface area contributed by atoms with Crippen LogP contribution in [0.2, 0.25) is 0 Å². The Morgan fingerprint density at radius 3 is 2.45 bits per heavy atom. The normalized spacial score (nSPS) is 10.8. The molecule has 1 aromatic carbocycles. The Kier molecular flexibility index (Phi) is 3.54. The zero-order valence-corrected chi connectivity index (χ0v) is 11.4. The van der Waals surface area contributed by atoms with E-state index < -0.39 is 10.0 Å². The maximum absolute atomic E-state index is 12.4. The standard InChI is InChI=1S/C12H11N5O2S/c1-17(11-5-3-2-4-9(11)6-13)20(18,19)10-7-15-12(14)16-8-10/h2-5,7-8H,1H3,(H2,14,15,16). The highest BCUT2D eigenvalue weighted by Crippen LogP contribution is 2.24. The van der Waals surface area contributed by atoms with E-state index in [1.807, 2.05) is 6.07 Å². The van der Waals surface area contributed by atoms with Crippen molar-refractivity contribution < 1.29 is 8.42 Å². The fourth-order valence-corrected chi connectivity index (χ4v) is 2.70. The molecule has 0 unspecified atom stereocenters. The molecule has 0 bridgehead atoms. The number of nitriles is 1. The van der Waals surface area contributed by atoms with Crippen LogP contribution in [0.5, 0.6) is 0 Å². The van der Waals surface area contributed by atoms with Crippen molar-refractivity contribution in [2.24, 2.45) is 0 Å². The maximum atomic E-state index is 12.4. The second-order valence-electron chi connectivity index (χ2n) is 3.88. The van der Waals surface area contributed by atoms with Gasteiger partial charge in [0.2, 0.25) is 5.95 Å². The minimum atomic E-state index is -3.84. The van der Waals surface area contributed by atoms with Crippen molar-refractivity contribution in [3.8, 4) is 6.07 Å². The monoisotopic (exact) mass is 289 g/mol. The van der Waals surface area contributed by atoms with Crippen LogP contribution in [0.4, 0.5) is 11.6 Å². The molecule has 8 heteroatoms. The number of nitrogens with zero attached hydrogens (tertiary/aromatic N) is 4. The van der Waals surface area contributed by atoms with Gasteiger partial charge in [0, 0.05) is 7.05 Å². The lowest BCUT2D eigenvalue weighted by Crippen LogP contribution is -2.27. The summed E-state index contributed by atoms with van der Waals surface area (Å²) in [6.45, 7) is 0. The summed E-state index contributed by atoms with van der Waals surface area (Å²) < 4.78 is 25.8. The lowest BCUT2D eigenvalue weighted by molar-refractivity contribution is 0.593. The number of aromatic nitrogens is 2. The van der Waals surface area contributed by atoms with E-state index >= 15 is 0 Å². The second kappa shape index (κ2) is 5.14. The van der Waals surface area contributed by atoms with Crippen LogP contribution in [-0.2, 0) is 10.0 Å².